The highest BCUT2D eigenvalue weighted by Crippen LogP contribution is 2.16. The van der Waals surface area contributed by atoms with Crippen LogP contribution in [0.15, 0.2) is 48.9 Å². The normalized spacial score (nSPS) is 12.2. The highest BCUT2D eigenvalue weighted by Gasteiger charge is 2.10. The van der Waals surface area contributed by atoms with Gasteiger partial charge in [0, 0.05) is 17.4 Å². The standard InChI is InChI=1S/C13H21N/c1-7-9-12(5)14(11(3)4)13(6)10-8-2/h7-11H,1,6H2,2-5H3/b10-8-,12-9+. The lowest BCUT2D eigenvalue weighted by atomic mass is 10.2. The van der Waals surface area contributed by atoms with Crippen molar-refractivity contribution in [2.24, 2.45) is 0 Å². The molecule has 0 N–H and O–H groups in total. The van der Waals surface area contributed by atoms with Gasteiger partial charge in [0.1, 0.15) is 0 Å². The summed E-state index contributed by atoms with van der Waals surface area (Å²) in [5.41, 5.74) is 2.18. The van der Waals surface area contributed by atoms with E-state index in [0.717, 1.165) is 11.4 Å². The zero-order valence-corrected chi connectivity index (χ0v) is 9.75. The number of hydrogen-bond acceptors (Lipinski definition) is 1. The Morgan fingerprint density at radius 2 is 1.93 bits per heavy atom. The molecule has 0 aromatic heterocycles. The van der Waals surface area contributed by atoms with Gasteiger partial charge in [0.2, 0.25) is 0 Å². The van der Waals surface area contributed by atoms with Crippen LogP contribution in [0.5, 0.6) is 0 Å². The Kier molecular flexibility index (Phi) is 5.70. The summed E-state index contributed by atoms with van der Waals surface area (Å²) in [5, 5.41) is 0. The summed E-state index contributed by atoms with van der Waals surface area (Å²) in [4.78, 5) is 2.18. The highest BCUT2D eigenvalue weighted by molar-refractivity contribution is 5.21. The van der Waals surface area contributed by atoms with Gasteiger partial charge in [-0.15, -0.1) is 0 Å². The molecule has 0 saturated carbocycles. The molecule has 1 heteroatoms. The third-order valence-corrected chi connectivity index (χ3v) is 1.92. The molecule has 0 atom stereocenters. The van der Waals surface area contributed by atoms with Crippen molar-refractivity contribution < 1.29 is 0 Å². The Balaban J connectivity index is 4.85. The van der Waals surface area contributed by atoms with Gasteiger partial charge >= 0.3 is 0 Å². The maximum Gasteiger partial charge on any atom is 0.0334 e. The fraction of sp³-hybridized carbons (Fsp3) is 0.385. The van der Waals surface area contributed by atoms with E-state index in [9.17, 15) is 0 Å². The van der Waals surface area contributed by atoms with E-state index in [2.05, 4.69) is 38.8 Å². The Bertz CT molecular complexity index is 256. The zero-order chi connectivity index (χ0) is 11.1. The molecule has 78 valence electrons. The first-order valence-electron chi connectivity index (χ1n) is 4.94. The van der Waals surface area contributed by atoms with Crippen molar-refractivity contribution in [1.29, 1.82) is 0 Å². The SMILES string of the molecule is C=C/C=C(\C)N(C(=C)/C=C\C)C(C)C. The molecule has 0 radical (unpaired) electrons. The van der Waals surface area contributed by atoms with Crippen molar-refractivity contribution in [1.82, 2.24) is 4.90 Å². The van der Waals surface area contributed by atoms with Gasteiger partial charge in [-0.1, -0.05) is 25.3 Å². The van der Waals surface area contributed by atoms with Crippen LogP contribution in [0, 0.1) is 0 Å². The minimum atomic E-state index is 0.412. The van der Waals surface area contributed by atoms with Crippen LogP contribution in [0.4, 0.5) is 0 Å². The fourth-order valence-corrected chi connectivity index (χ4v) is 1.49. The Labute approximate surface area is 88.1 Å². The summed E-state index contributed by atoms with van der Waals surface area (Å²) in [7, 11) is 0. The molecular weight excluding hydrogens is 170 g/mol. The quantitative estimate of drug-likeness (QED) is 0.596. The number of nitrogens with zero attached hydrogens (tertiary/aromatic N) is 1. The summed E-state index contributed by atoms with van der Waals surface area (Å²) in [6, 6.07) is 0.412. The largest absolute Gasteiger partial charge is 0.343 e. The molecule has 14 heavy (non-hydrogen) atoms. The van der Waals surface area contributed by atoms with Crippen LogP contribution in [0.3, 0.4) is 0 Å². The van der Waals surface area contributed by atoms with E-state index in [1.165, 1.54) is 0 Å². The van der Waals surface area contributed by atoms with E-state index in [1.807, 2.05) is 25.2 Å². The average Bonchev–Trinajstić information content (AvgIpc) is 2.04. The van der Waals surface area contributed by atoms with Crippen molar-refractivity contribution >= 4 is 0 Å². The van der Waals surface area contributed by atoms with Gasteiger partial charge in [0.05, 0.1) is 0 Å². The van der Waals surface area contributed by atoms with Crippen LogP contribution in [-0.2, 0) is 0 Å². The molecule has 0 spiro atoms. The van der Waals surface area contributed by atoms with Crippen LogP contribution in [0.1, 0.15) is 27.7 Å². The van der Waals surface area contributed by atoms with Crippen LogP contribution in [0.25, 0.3) is 0 Å². The van der Waals surface area contributed by atoms with Gasteiger partial charge in [-0.05, 0) is 39.8 Å². The van der Waals surface area contributed by atoms with E-state index >= 15 is 0 Å². The lowest BCUT2D eigenvalue weighted by molar-refractivity contribution is 0.365. The number of rotatable bonds is 5. The number of allylic oxidation sites excluding steroid dienone is 5. The molecule has 0 bridgehead atoms. The third-order valence-electron chi connectivity index (χ3n) is 1.92. The smallest absolute Gasteiger partial charge is 0.0334 e. The van der Waals surface area contributed by atoms with E-state index in [1.54, 1.807) is 6.08 Å². The first-order chi connectivity index (χ1) is 6.54. The molecule has 0 aliphatic heterocycles. The molecule has 0 rings (SSSR count). The van der Waals surface area contributed by atoms with Crippen LogP contribution in [0.2, 0.25) is 0 Å². The van der Waals surface area contributed by atoms with Gasteiger partial charge in [-0.25, -0.2) is 0 Å². The van der Waals surface area contributed by atoms with E-state index in [4.69, 9.17) is 0 Å². The molecular formula is C13H21N. The van der Waals surface area contributed by atoms with Crippen LogP contribution >= 0.6 is 0 Å². The van der Waals surface area contributed by atoms with Gasteiger partial charge in [0.15, 0.2) is 0 Å². The summed E-state index contributed by atoms with van der Waals surface area (Å²) < 4.78 is 0. The second kappa shape index (κ2) is 6.25. The van der Waals surface area contributed by atoms with E-state index in [0.29, 0.717) is 6.04 Å². The first-order valence-corrected chi connectivity index (χ1v) is 4.94. The van der Waals surface area contributed by atoms with Crippen LogP contribution in [-0.4, -0.2) is 10.9 Å². The topological polar surface area (TPSA) is 3.24 Å². The Morgan fingerprint density at radius 1 is 1.36 bits per heavy atom. The zero-order valence-electron chi connectivity index (χ0n) is 9.75. The summed E-state index contributed by atoms with van der Waals surface area (Å²) in [6.07, 6.45) is 7.81. The van der Waals surface area contributed by atoms with Crippen LogP contribution < -0.4 is 0 Å². The molecule has 0 aromatic carbocycles. The predicted octanol–water partition coefficient (Wildman–Crippen LogP) is 3.88. The van der Waals surface area contributed by atoms with Crippen molar-refractivity contribution in [3.63, 3.8) is 0 Å². The van der Waals surface area contributed by atoms with Crippen molar-refractivity contribution in [3.05, 3.63) is 48.9 Å². The Hall–Kier alpha value is -1.24. The van der Waals surface area contributed by atoms with Crippen molar-refractivity contribution in [3.8, 4) is 0 Å². The maximum absolute atomic E-state index is 4.03. The maximum atomic E-state index is 4.03. The van der Waals surface area contributed by atoms with Gasteiger partial charge in [-0.2, -0.15) is 0 Å². The molecule has 0 aliphatic carbocycles. The van der Waals surface area contributed by atoms with Gasteiger partial charge < -0.3 is 4.90 Å². The average molecular weight is 191 g/mol. The molecule has 0 aromatic rings. The molecule has 1 nitrogen and oxygen atoms in total. The van der Waals surface area contributed by atoms with E-state index in [-0.39, 0.29) is 0 Å². The summed E-state index contributed by atoms with van der Waals surface area (Å²) >= 11 is 0. The molecule has 0 amide bonds. The van der Waals surface area contributed by atoms with Crippen molar-refractivity contribution in [2.75, 3.05) is 0 Å². The van der Waals surface area contributed by atoms with Crippen molar-refractivity contribution in [2.45, 2.75) is 33.7 Å². The minimum absolute atomic E-state index is 0.412. The highest BCUT2D eigenvalue weighted by atomic mass is 15.2. The molecule has 0 fully saturated rings. The first kappa shape index (κ1) is 12.8. The predicted molar refractivity (Wildman–Crippen MR) is 64.9 cm³/mol. The minimum Gasteiger partial charge on any atom is -0.343 e. The van der Waals surface area contributed by atoms with E-state index < -0.39 is 0 Å². The second-order valence-electron chi connectivity index (χ2n) is 3.50. The van der Waals surface area contributed by atoms with Gasteiger partial charge in [-0.3, -0.25) is 0 Å². The Morgan fingerprint density at radius 3 is 2.29 bits per heavy atom. The number of hydrogen-bond donors (Lipinski definition) is 0. The second-order valence-corrected chi connectivity index (χ2v) is 3.50. The molecule has 0 saturated heterocycles. The summed E-state index contributed by atoms with van der Waals surface area (Å²) in [6.45, 7) is 16.1. The molecule has 0 aliphatic rings. The monoisotopic (exact) mass is 191 g/mol. The van der Waals surface area contributed by atoms with Gasteiger partial charge in [0.25, 0.3) is 0 Å². The fourth-order valence-electron chi connectivity index (χ4n) is 1.49. The lowest BCUT2D eigenvalue weighted by Crippen LogP contribution is -2.27. The molecule has 0 unspecified atom stereocenters. The molecule has 0 heterocycles. The third kappa shape index (κ3) is 3.65. The lowest BCUT2D eigenvalue weighted by Gasteiger charge is -2.29. The summed E-state index contributed by atoms with van der Waals surface area (Å²) in [5.74, 6) is 0.